The van der Waals surface area contributed by atoms with E-state index < -0.39 is 0 Å². The van der Waals surface area contributed by atoms with E-state index in [-0.39, 0.29) is 0 Å². The van der Waals surface area contributed by atoms with Crippen molar-refractivity contribution in [1.82, 2.24) is 0 Å². The van der Waals surface area contributed by atoms with Crippen LogP contribution >= 0.6 is 34.8 Å². The van der Waals surface area contributed by atoms with Crippen molar-refractivity contribution >= 4 is 37.7 Å². The van der Waals surface area contributed by atoms with Gasteiger partial charge in [-0.1, -0.05) is 12.2 Å². The van der Waals surface area contributed by atoms with Crippen molar-refractivity contribution in [2.75, 3.05) is 0 Å². The molecule has 0 aliphatic heterocycles. The minimum Gasteiger partial charge on any atom is -0.507 e. The molecule has 68 valence electrons. The second kappa shape index (κ2) is 3.53. The van der Waals surface area contributed by atoms with Crippen molar-refractivity contribution in [1.29, 1.82) is 0 Å². The number of aromatic hydroxyl groups is 1. The van der Waals surface area contributed by atoms with Gasteiger partial charge in [0, 0.05) is 5.56 Å². The molecule has 3 heteroatoms. The predicted octanol–water partition coefficient (Wildman–Crippen LogP) is 2.99. The first kappa shape index (κ1) is 9.40. The van der Waals surface area contributed by atoms with Gasteiger partial charge in [0.1, 0.15) is 5.75 Å². The largest absolute Gasteiger partial charge is 0.507 e. The molecule has 0 fully saturated rings. The zero-order valence-electron chi connectivity index (χ0n) is 7.01. The average molecular weight is 304 g/mol. The lowest BCUT2D eigenvalue weighted by atomic mass is 10.1. The maximum absolute atomic E-state index is 9.65. The highest BCUT2D eigenvalue weighted by atomic mass is 127. The van der Waals surface area contributed by atoms with E-state index >= 15 is 0 Å². The Morgan fingerprint density at radius 1 is 1.31 bits per heavy atom. The first-order chi connectivity index (χ1) is 6.18. The third-order valence-electron chi connectivity index (χ3n) is 2.42. The smallest absolute Gasteiger partial charge is 0.125 e. The van der Waals surface area contributed by atoms with Gasteiger partial charge in [-0.05, 0) is 65.1 Å². The Morgan fingerprint density at radius 3 is 2.54 bits per heavy atom. The van der Waals surface area contributed by atoms with Gasteiger partial charge in [-0.15, -0.1) is 0 Å². The number of hydrogen-bond donors (Lipinski definition) is 1. The molecule has 1 aliphatic rings. The summed E-state index contributed by atoms with van der Waals surface area (Å²) in [7, 11) is 0. The highest BCUT2D eigenvalue weighted by Gasteiger charge is 2.15. The normalized spacial score (nSPS) is 14.2. The third-order valence-corrected chi connectivity index (χ3v) is 3.22. The van der Waals surface area contributed by atoms with Crippen LogP contribution in [0.3, 0.4) is 0 Å². The lowest BCUT2D eigenvalue weighted by molar-refractivity contribution is 0.474. The summed E-state index contributed by atoms with van der Waals surface area (Å²) >= 11 is 7.12. The number of fused-ring (bicyclic) bond motifs is 1. The molecular weight excluding hydrogens is 295 g/mol. The number of benzene rings is 1. The van der Waals surface area contributed by atoms with Crippen LogP contribution in [-0.4, -0.2) is 7.98 Å². The molecule has 0 unspecified atom stereocenters. The molecule has 0 saturated carbocycles. The van der Waals surface area contributed by atoms with Gasteiger partial charge in [0.2, 0.25) is 0 Å². The number of halogens is 1. The summed E-state index contributed by atoms with van der Waals surface area (Å²) in [6.07, 6.45) is 3.42. The molecule has 13 heavy (non-hydrogen) atoms. The van der Waals surface area contributed by atoms with Gasteiger partial charge >= 0.3 is 0 Å². The summed E-state index contributed by atoms with van der Waals surface area (Å²) < 4.78 is 0.741. The molecule has 1 aromatic carbocycles. The number of phenolic OH excluding ortho intramolecular Hbond substituents is 1. The van der Waals surface area contributed by atoms with Gasteiger partial charge < -0.3 is 5.11 Å². The molecule has 1 aromatic rings. The van der Waals surface area contributed by atoms with E-state index in [1.54, 1.807) is 0 Å². The maximum atomic E-state index is 9.65. The molecule has 0 bridgehead atoms. The van der Waals surface area contributed by atoms with Crippen molar-refractivity contribution in [3.63, 3.8) is 0 Å². The van der Waals surface area contributed by atoms with Crippen LogP contribution in [0.5, 0.6) is 5.75 Å². The second-order valence-corrected chi connectivity index (χ2v) is 5.48. The molecule has 2 rings (SSSR count). The predicted molar refractivity (Wildman–Crippen MR) is 65.9 cm³/mol. The van der Waals surface area contributed by atoms with Gasteiger partial charge in [0.25, 0.3) is 0 Å². The zero-order chi connectivity index (χ0) is 9.42. The molecule has 0 radical (unpaired) electrons. The third kappa shape index (κ3) is 1.72. The van der Waals surface area contributed by atoms with Crippen molar-refractivity contribution < 1.29 is 5.11 Å². The molecule has 1 N–H and O–H groups in total. The molecule has 1 nitrogen and oxygen atoms in total. The van der Waals surface area contributed by atoms with Gasteiger partial charge in [-0.25, -0.2) is 0 Å². The standard InChI is InChI=1S/C10H9IOS/c11-10(13)8-4-6-2-1-3-7(6)5-9(8)12/h4-5,12H,1-3H2. The van der Waals surface area contributed by atoms with Crippen LogP contribution in [0.2, 0.25) is 0 Å². The van der Waals surface area contributed by atoms with Crippen LogP contribution in [0.4, 0.5) is 0 Å². The summed E-state index contributed by atoms with van der Waals surface area (Å²) in [4.78, 5) is 0. The monoisotopic (exact) mass is 304 g/mol. The van der Waals surface area contributed by atoms with Crippen LogP contribution in [0.25, 0.3) is 0 Å². The summed E-state index contributed by atoms with van der Waals surface area (Å²) in [5.41, 5.74) is 3.46. The van der Waals surface area contributed by atoms with Crippen molar-refractivity contribution in [3.8, 4) is 5.75 Å². The van der Waals surface area contributed by atoms with Crippen molar-refractivity contribution in [2.24, 2.45) is 0 Å². The fourth-order valence-corrected chi connectivity index (χ4v) is 2.36. The fraction of sp³-hybridized carbons (Fsp3) is 0.300. The molecule has 0 spiro atoms. The van der Waals surface area contributed by atoms with Gasteiger partial charge in [-0.2, -0.15) is 0 Å². The Labute approximate surface area is 96.3 Å². The molecule has 0 aromatic heterocycles. The fourth-order valence-electron chi connectivity index (χ4n) is 1.77. The number of hydrogen-bond acceptors (Lipinski definition) is 2. The minimum atomic E-state index is 0.333. The number of rotatable bonds is 1. The van der Waals surface area contributed by atoms with E-state index in [0.717, 1.165) is 21.3 Å². The van der Waals surface area contributed by atoms with Crippen LogP contribution < -0.4 is 0 Å². The Hall–Kier alpha value is -0.160. The Bertz CT molecular complexity index is 373. The first-order valence-corrected chi connectivity index (χ1v) is 5.72. The topological polar surface area (TPSA) is 20.2 Å². The van der Waals surface area contributed by atoms with Gasteiger partial charge in [0.05, 0.1) is 2.87 Å². The average Bonchev–Trinajstić information content (AvgIpc) is 2.48. The van der Waals surface area contributed by atoms with Crippen molar-refractivity contribution in [3.05, 3.63) is 28.8 Å². The summed E-state index contributed by atoms with van der Waals surface area (Å²) in [5.74, 6) is 0.333. The lowest BCUT2D eigenvalue weighted by Crippen LogP contribution is -1.91. The maximum Gasteiger partial charge on any atom is 0.125 e. The van der Waals surface area contributed by atoms with Crippen LogP contribution in [-0.2, 0) is 12.8 Å². The molecule has 0 heterocycles. The van der Waals surface area contributed by atoms with Crippen LogP contribution in [0.15, 0.2) is 12.1 Å². The summed E-state index contributed by atoms with van der Waals surface area (Å²) in [5, 5.41) is 9.65. The Morgan fingerprint density at radius 2 is 1.92 bits per heavy atom. The molecule has 0 saturated heterocycles. The second-order valence-electron chi connectivity index (χ2n) is 3.27. The minimum absolute atomic E-state index is 0.333. The van der Waals surface area contributed by atoms with Gasteiger partial charge in [0.15, 0.2) is 0 Å². The number of thiocarbonyl (C=S) groups is 1. The van der Waals surface area contributed by atoms with Crippen LogP contribution in [0.1, 0.15) is 23.1 Å². The SMILES string of the molecule is Oc1cc2c(cc1C(=S)I)CCC2. The summed E-state index contributed by atoms with van der Waals surface area (Å²) in [6.45, 7) is 0. The molecule has 1 aliphatic carbocycles. The molecule has 0 atom stereocenters. The molecule has 0 amide bonds. The van der Waals surface area contributed by atoms with Crippen LogP contribution in [0, 0.1) is 0 Å². The quantitative estimate of drug-likeness (QED) is 0.489. The zero-order valence-corrected chi connectivity index (χ0v) is 9.98. The number of aryl methyl sites for hydroxylation is 2. The highest BCUT2D eigenvalue weighted by Crippen LogP contribution is 2.30. The molecular formula is C10H9IOS. The highest BCUT2D eigenvalue weighted by molar-refractivity contribution is 14.1. The van der Waals surface area contributed by atoms with E-state index in [1.165, 1.54) is 17.5 Å². The van der Waals surface area contributed by atoms with E-state index in [4.69, 9.17) is 12.2 Å². The van der Waals surface area contributed by atoms with Gasteiger partial charge in [-0.3, -0.25) is 0 Å². The van der Waals surface area contributed by atoms with E-state index in [9.17, 15) is 5.11 Å². The Kier molecular flexibility index (Phi) is 2.55. The lowest BCUT2D eigenvalue weighted by Gasteiger charge is -2.05. The number of phenols is 1. The van der Waals surface area contributed by atoms with Crippen molar-refractivity contribution in [2.45, 2.75) is 19.3 Å². The van der Waals surface area contributed by atoms with E-state index in [0.29, 0.717) is 5.75 Å². The van der Waals surface area contributed by atoms with E-state index in [2.05, 4.69) is 22.6 Å². The summed E-state index contributed by atoms with van der Waals surface area (Å²) in [6, 6.07) is 3.90. The van der Waals surface area contributed by atoms with E-state index in [1.807, 2.05) is 12.1 Å². The Balaban J connectivity index is 2.55. The first-order valence-electron chi connectivity index (χ1n) is 4.23.